The molecule has 0 bridgehead atoms. The summed E-state index contributed by atoms with van der Waals surface area (Å²) in [6.07, 6.45) is 3.62. The fourth-order valence-corrected chi connectivity index (χ4v) is 2.46. The van der Waals surface area contributed by atoms with Gasteiger partial charge in [0, 0.05) is 24.5 Å². The maximum absolute atomic E-state index is 10.3. The van der Waals surface area contributed by atoms with E-state index in [1.165, 1.54) is 12.4 Å². The summed E-state index contributed by atoms with van der Waals surface area (Å²) >= 11 is 11.9. The minimum Gasteiger partial charge on any atom is -0.384 e. The quantitative estimate of drug-likeness (QED) is 0.773. The van der Waals surface area contributed by atoms with Crippen LogP contribution in [0.3, 0.4) is 0 Å². The van der Waals surface area contributed by atoms with Crippen LogP contribution in [0, 0.1) is 0 Å². The fourth-order valence-electron chi connectivity index (χ4n) is 1.75. The largest absolute Gasteiger partial charge is 0.384 e. The van der Waals surface area contributed by atoms with Crippen LogP contribution in [0.2, 0.25) is 10.0 Å². The second kappa shape index (κ2) is 3.66. The smallest absolute Gasteiger partial charge is 0.106 e. The second-order valence-corrected chi connectivity index (χ2v) is 4.25. The molecule has 0 aliphatic carbocycles. The van der Waals surface area contributed by atoms with Crippen LogP contribution in [-0.4, -0.2) is 23.2 Å². The Hall–Kier alpha value is -0.350. The summed E-state index contributed by atoms with van der Waals surface area (Å²) in [6, 6.07) is 0. The van der Waals surface area contributed by atoms with Crippen LogP contribution in [0.15, 0.2) is 12.4 Å². The third kappa shape index (κ3) is 1.61. The first-order valence-corrected chi connectivity index (χ1v) is 5.12. The Balaban J connectivity index is 2.49. The van der Waals surface area contributed by atoms with Crippen molar-refractivity contribution >= 4 is 23.2 Å². The van der Waals surface area contributed by atoms with E-state index in [1.807, 2.05) is 0 Å². The maximum Gasteiger partial charge on any atom is 0.106 e. The molecule has 0 amide bonds. The van der Waals surface area contributed by atoms with Gasteiger partial charge in [-0.3, -0.25) is 4.98 Å². The normalized spacial score (nSPS) is 26.8. The predicted molar refractivity (Wildman–Crippen MR) is 55.6 cm³/mol. The molecule has 5 heteroatoms. The molecule has 1 unspecified atom stereocenters. The average Bonchev–Trinajstić information content (AvgIpc) is 2.52. The van der Waals surface area contributed by atoms with Crippen molar-refractivity contribution in [2.24, 2.45) is 0 Å². The van der Waals surface area contributed by atoms with Gasteiger partial charge in [0.05, 0.1) is 10.0 Å². The van der Waals surface area contributed by atoms with Crippen LogP contribution in [0.25, 0.3) is 0 Å². The number of rotatable bonds is 1. The van der Waals surface area contributed by atoms with E-state index in [2.05, 4.69) is 10.3 Å². The zero-order valence-corrected chi connectivity index (χ0v) is 8.94. The summed E-state index contributed by atoms with van der Waals surface area (Å²) < 4.78 is 0. The monoisotopic (exact) mass is 232 g/mol. The number of hydrogen-bond acceptors (Lipinski definition) is 3. The van der Waals surface area contributed by atoms with Crippen molar-refractivity contribution in [3.05, 3.63) is 28.0 Å². The summed E-state index contributed by atoms with van der Waals surface area (Å²) in [5.74, 6) is 0. The maximum atomic E-state index is 10.3. The van der Waals surface area contributed by atoms with Gasteiger partial charge in [0.1, 0.15) is 5.60 Å². The molecule has 1 aliphatic rings. The molecule has 0 saturated carbocycles. The zero-order valence-electron chi connectivity index (χ0n) is 7.43. The number of β-amino-alcohol motifs (C(OH)–C–C–N with tert-alkyl or cyclic N) is 1. The number of pyridine rings is 1. The molecule has 14 heavy (non-hydrogen) atoms. The lowest BCUT2D eigenvalue weighted by molar-refractivity contribution is 0.0589. The second-order valence-electron chi connectivity index (χ2n) is 3.44. The molecule has 1 atom stereocenters. The molecule has 1 aromatic rings. The molecule has 76 valence electrons. The molecule has 2 N–H and O–H groups in total. The van der Waals surface area contributed by atoms with Crippen molar-refractivity contribution in [1.82, 2.24) is 10.3 Å². The molecule has 0 spiro atoms. The van der Waals surface area contributed by atoms with Gasteiger partial charge in [-0.25, -0.2) is 0 Å². The van der Waals surface area contributed by atoms with E-state index in [-0.39, 0.29) is 0 Å². The summed E-state index contributed by atoms with van der Waals surface area (Å²) in [5.41, 5.74) is -0.363. The number of halogens is 2. The topological polar surface area (TPSA) is 45.2 Å². The summed E-state index contributed by atoms with van der Waals surface area (Å²) in [7, 11) is 0. The van der Waals surface area contributed by atoms with Crippen LogP contribution < -0.4 is 5.32 Å². The highest BCUT2D eigenvalue weighted by Crippen LogP contribution is 2.37. The van der Waals surface area contributed by atoms with E-state index >= 15 is 0 Å². The fraction of sp³-hybridized carbons (Fsp3) is 0.444. The summed E-state index contributed by atoms with van der Waals surface area (Å²) in [4.78, 5) is 3.85. The lowest BCUT2D eigenvalue weighted by Gasteiger charge is -2.23. The van der Waals surface area contributed by atoms with Crippen molar-refractivity contribution in [2.45, 2.75) is 12.0 Å². The molecule has 1 aliphatic heterocycles. The molecule has 1 saturated heterocycles. The van der Waals surface area contributed by atoms with Crippen LogP contribution >= 0.6 is 23.2 Å². The standard InChI is InChI=1S/C9H10Cl2N2O/c10-6-3-13-4-7(11)8(6)9(14)1-2-12-5-9/h3-4,12,14H,1-2,5H2. The molecule has 2 heterocycles. The number of nitrogens with zero attached hydrogens (tertiary/aromatic N) is 1. The van der Waals surface area contributed by atoms with Gasteiger partial charge in [-0.1, -0.05) is 23.2 Å². The van der Waals surface area contributed by atoms with E-state index in [0.717, 1.165) is 6.54 Å². The minimum absolute atomic E-state index is 0.420. The molecule has 1 aromatic heterocycles. The Morgan fingerprint density at radius 1 is 1.36 bits per heavy atom. The van der Waals surface area contributed by atoms with Crippen LogP contribution in [0.4, 0.5) is 0 Å². The van der Waals surface area contributed by atoms with Crippen LogP contribution in [0.5, 0.6) is 0 Å². The van der Waals surface area contributed by atoms with Gasteiger partial charge < -0.3 is 10.4 Å². The Morgan fingerprint density at radius 2 is 2.00 bits per heavy atom. The highest BCUT2D eigenvalue weighted by Gasteiger charge is 2.36. The first-order valence-electron chi connectivity index (χ1n) is 4.36. The Labute approximate surface area is 92.1 Å². The molecule has 2 rings (SSSR count). The van der Waals surface area contributed by atoms with Crippen LogP contribution in [-0.2, 0) is 5.60 Å². The highest BCUT2D eigenvalue weighted by atomic mass is 35.5. The van der Waals surface area contributed by atoms with E-state index in [0.29, 0.717) is 28.6 Å². The van der Waals surface area contributed by atoms with Gasteiger partial charge in [0.2, 0.25) is 0 Å². The summed E-state index contributed by atoms with van der Waals surface area (Å²) in [6.45, 7) is 1.25. The van der Waals surface area contributed by atoms with Gasteiger partial charge in [-0.2, -0.15) is 0 Å². The SMILES string of the molecule is OC1(c2c(Cl)cncc2Cl)CCNC1. The molecule has 0 radical (unpaired) electrons. The number of nitrogens with one attached hydrogen (secondary N) is 1. The lowest BCUT2D eigenvalue weighted by atomic mass is 9.94. The number of hydrogen-bond donors (Lipinski definition) is 2. The van der Waals surface area contributed by atoms with Crippen molar-refractivity contribution in [3.63, 3.8) is 0 Å². The van der Waals surface area contributed by atoms with Crippen molar-refractivity contribution < 1.29 is 5.11 Å². The van der Waals surface area contributed by atoms with Gasteiger partial charge in [0.15, 0.2) is 0 Å². The number of aliphatic hydroxyl groups is 1. The lowest BCUT2D eigenvalue weighted by Crippen LogP contribution is -2.29. The first kappa shape index (κ1) is 10.2. The van der Waals surface area contributed by atoms with Crippen molar-refractivity contribution in [2.75, 3.05) is 13.1 Å². The minimum atomic E-state index is -0.947. The molecule has 0 aromatic carbocycles. The van der Waals surface area contributed by atoms with E-state index in [1.54, 1.807) is 0 Å². The number of aromatic nitrogens is 1. The first-order chi connectivity index (χ1) is 6.63. The van der Waals surface area contributed by atoms with Gasteiger partial charge >= 0.3 is 0 Å². The molecule has 1 fully saturated rings. The third-order valence-corrected chi connectivity index (χ3v) is 3.02. The van der Waals surface area contributed by atoms with Crippen molar-refractivity contribution in [3.8, 4) is 0 Å². The molecular weight excluding hydrogens is 223 g/mol. The third-order valence-electron chi connectivity index (χ3n) is 2.45. The predicted octanol–water partition coefficient (Wildman–Crippen LogP) is 1.57. The zero-order chi connectivity index (χ0) is 10.2. The van der Waals surface area contributed by atoms with Gasteiger partial charge in [-0.15, -0.1) is 0 Å². The molecular formula is C9H10Cl2N2O. The van der Waals surface area contributed by atoms with Crippen molar-refractivity contribution in [1.29, 1.82) is 0 Å². The average molecular weight is 233 g/mol. The molecule has 3 nitrogen and oxygen atoms in total. The Kier molecular flexibility index (Phi) is 2.66. The van der Waals surface area contributed by atoms with Gasteiger partial charge in [0.25, 0.3) is 0 Å². The Morgan fingerprint density at radius 3 is 2.50 bits per heavy atom. The highest BCUT2D eigenvalue weighted by molar-refractivity contribution is 6.35. The van der Waals surface area contributed by atoms with E-state index in [4.69, 9.17) is 23.2 Å². The van der Waals surface area contributed by atoms with Crippen LogP contribution in [0.1, 0.15) is 12.0 Å². The van der Waals surface area contributed by atoms with E-state index < -0.39 is 5.60 Å². The van der Waals surface area contributed by atoms with Gasteiger partial charge in [-0.05, 0) is 13.0 Å². The summed E-state index contributed by atoms with van der Waals surface area (Å²) in [5, 5.41) is 14.2. The van der Waals surface area contributed by atoms with E-state index in [9.17, 15) is 5.11 Å². The Bertz CT molecular complexity index is 330.